The van der Waals surface area contributed by atoms with Crippen molar-refractivity contribution in [1.29, 1.82) is 0 Å². The fourth-order valence-electron chi connectivity index (χ4n) is 5.32. The van der Waals surface area contributed by atoms with E-state index in [1.165, 1.54) is 47.4 Å². The molecule has 1 aromatic carbocycles. The van der Waals surface area contributed by atoms with Gasteiger partial charge in [-0.05, 0) is 74.7 Å². The second-order valence-electron chi connectivity index (χ2n) is 9.80. The molecule has 5 heteroatoms. The third-order valence-electron chi connectivity index (χ3n) is 7.55. The Morgan fingerprint density at radius 3 is 2.75 bits per heavy atom. The minimum absolute atomic E-state index is 0. The van der Waals surface area contributed by atoms with Crippen LogP contribution in [0, 0.1) is 5.92 Å². The number of anilines is 1. The average molecular weight is 430 g/mol. The summed E-state index contributed by atoms with van der Waals surface area (Å²) in [5.41, 5.74) is 7.28. The number of piperidine rings is 1. The molecular weight excluding hydrogens is 394 g/mol. The van der Waals surface area contributed by atoms with Crippen molar-refractivity contribution in [3.63, 3.8) is 0 Å². The predicted octanol–water partition coefficient (Wildman–Crippen LogP) is 5.35. The van der Waals surface area contributed by atoms with E-state index in [0.717, 1.165) is 61.4 Å². The highest BCUT2D eigenvalue weighted by Gasteiger charge is 2.22. The van der Waals surface area contributed by atoms with Crippen molar-refractivity contribution in [2.75, 3.05) is 25.5 Å². The number of nitrogens with one attached hydrogen (secondary N) is 1. The van der Waals surface area contributed by atoms with Gasteiger partial charge in [0, 0.05) is 32.0 Å². The van der Waals surface area contributed by atoms with E-state index >= 15 is 0 Å². The summed E-state index contributed by atoms with van der Waals surface area (Å²) in [5.74, 6) is 1.81. The van der Waals surface area contributed by atoms with Crippen molar-refractivity contribution in [3.8, 4) is 0 Å². The van der Waals surface area contributed by atoms with Gasteiger partial charge < -0.3 is 10.2 Å². The molecule has 1 N–H and O–H groups in total. The minimum atomic E-state index is 0. The van der Waals surface area contributed by atoms with E-state index in [0.29, 0.717) is 6.04 Å². The fraction of sp³-hybridized carbons (Fsp3) is 0.444. The maximum absolute atomic E-state index is 5.02. The van der Waals surface area contributed by atoms with Crippen LogP contribution in [0.15, 0.2) is 42.7 Å². The molecular formula is C27H35N5. The molecule has 2 aromatic heterocycles. The van der Waals surface area contributed by atoms with Crippen LogP contribution in [0.25, 0.3) is 16.5 Å². The highest BCUT2D eigenvalue weighted by atomic mass is 15.1. The van der Waals surface area contributed by atoms with Crippen LogP contribution >= 0.6 is 0 Å². The van der Waals surface area contributed by atoms with Gasteiger partial charge in [0.05, 0.1) is 11.2 Å². The normalized spacial score (nSPS) is 19.6. The lowest BCUT2D eigenvalue weighted by Gasteiger charge is -2.30. The van der Waals surface area contributed by atoms with Gasteiger partial charge in [-0.15, -0.1) is 0 Å². The first kappa shape index (κ1) is 19.9. The molecule has 168 valence electrons. The molecule has 3 aromatic rings. The van der Waals surface area contributed by atoms with Gasteiger partial charge in [-0.25, -0.2) is 9.97 Å². The Balaban J connectivity index is 0.00000137. The number of nitrogens with zero attached hydrogens (tertiary/aromatic N) is 4. The molecule has 32 heavy (non-hydrogen) atoms. The van der Waals surface area contributed by atoms with Gasteiger partial charge in [0.15, 0.2) is 0 Å². The molecule has 3 aliphatic rings. The van der Waals surface area contributed by atoms with Crippen LogP contribution in [-0.4, -0.2) is 46.0 Å². The highest BCUT2D eigenvalue weighted by molar-refractivity contribution is 5.94. The lowest BCUT2D eigenvalue weighted by Crippen LogP contribution is -2.36. The molecule has 6 rings (SSSR count). The molecule has 3 heterocycles. The molecule has 2 fully saturated rings. The molecule has 0 amide bonds. The number of allylic oxidation sites excluding steroid dienone is 1. The van der Waals surface area contributed by atoms with Crippen LogP contribution in [-0.2, 0) is 12.8 Å². The Morgan fingerprint density at radius 2 is 1.94 bits per heavy atom. The van der Waals surface area contributed by atoms with Crippen LogP contribution in [0.3, 0.4) is 0 Å². The first-order chi connectivity index (χ1) is 15.7. The smallest absolute Gasteiger partial charge is 0.137 e. The van der Waals surface area contributed by atoms with Crippen molar-refractivity contribution in [2.45, 2.75) is 51.0 Å². The van der Waals surface area contributed by atoms with Crippen molar-refractivity contribution in [3.05, 3.63) is 65.2 Å². The van der Waals surface area contributed by atoms with Gasteiger partial charge in [-0.2, -0.15) is 0 Å². The van der Waals surface area contributed by atoms with Gasteiger partial charge >= 0.3 is 0 Å². The maximum Gasteiger partial charge on any atom is 0.137 e. The van der Waals surface area contributed by atoms with Crippen LogP contribution in [0.1, 0.15) is 57.5 Å². The number of rotatable bonds is 5. The highest BCUT2D eigenvalue weighted by Crippen LogP contribution is 2.35. The standard InChI is InChI=1S/C27H31N5.2H2/c1-32-13-11-20(12-14-32)31-27-24-16-19(5-9-25(24)28-17-29-27)22-8-10-26-23(22)7-6-21(30-26)15-18-3-2-4-18;;/h5-9,16-18,20H,2-4,10-15H2,1H3,(H,28,29,31);2*1H. The summed E-state index contributed by atoms with van der Waals surface area (Å²) >= 11 is 0. The van der Waals surface area contributed by atoms with Crippen LogP contribution < -0.4 is 5.32 Å². The van der Waals surface area contributed by atoms with Crippen molar-refractivity contribution in [1.82, 2.24) is 19.9 Å². The Bertz CT molecular complexity index is 1180. The average Bonchev–Trinajstić information content (AvgIpc) is 3.21. The molecule has 0 atom stereocenters. The largest absolute Gasteiger partial charge is 0.367 e. The lowest BCUT2D eigenvalue weighted by molar-refractivity contribution is 0.264. The monoisotopic (exact) mass is 429 g/mol. The number of aromatic nitrogens is 3. The molecule has 0 bridgehead atoms. The van der Waals surface area contributed by atoms with Gasteiger partial charge in [-0.3, -0.25) is 4.98 Å². The molecule has 1 saturated heterocycles. The van der Waals surface area contributed by atoms with Crippen molar-refractivity contribution < 1.29 is 2.85 Å². The van der Waals surface area contributed by atoms with Gasteiger partial charge in [0.1, 0.15) is 12.1 Å². The van der Waals surface area contributed by atoms with E-state index in [2.05, 4.69) is 63.6 Å². The van der Waals surface area contributed by atoms with E-state index in [-0.39, 0.29) is 2.85 Å². The topological polar surface area (TPSA) is 53.9 Å². The van der Waals surface area contributed by atoms with Gasteiger partial charge in [0.2, 0.25) is 0 Å². The SMILES string of the molecule is CN1CCC(Nc2ncnc3ccc(C4=CCc5nc(CC6CCC6)ccc54)cc23)CC1.[HH].[HH]. The molecule has 1 saturated carbocycles. The maximum atomic E-state index is 5.02. The summed E-state index contributed by atoms with van der Waals surface area (Å²) in [6.45, 7) is 2.26. The summed E-state index contributed by atoms with van der Waals surface area (Å²) in [6, 6.07) is 11.6. The Morgan fingerprint density at radius 1 is 1.06 bits per heavy atom. The van der Waals surface area contributed by atoms with Crippen molar-refractivity contribution >= 4 is 22.3 Å². The number of likely N-dealkylation sites (tertiary alicyclic amines) is 1. The summed E-state index contributed by atoms with van der Waals surface area (Å²) < 4.78 is 0. The Labute approximate surface area is 193 Å². The van der Waals surface area contributed by atoms with Gasteiger partial charge in [-0.1, -0.05) is 37.5 Å². The van der Waals surface area contributed by atoms with E-state index in [9.17, 15) is 0 Å². The summed E-state index contributed by atoms with van der Waals surface area (Å²) in [5, 5.41) is 4.81. The van der Waals surface area contributed by atoms with Gasteiger partial charge in [0.25, 0.3) is 0 Å². The molecule has 0 radical (unpaired) electrons. The summed E-state index contributed by atoms with van der Waals surface area (Å²) in [6.07, 6.45) is 12.5. The molecule has 5 nitrogen and oxygen atoms in total. The number of pyridine rings is 1. The van der Waals surface area contributed by atoms with Crippen LogP contribution in [0.5, 0.6) is 0 Å². The van der Waals surface area contributed by atoms with E-state index in [4.69, 9.17) is 4.98 Å². The Hall–Kier alpha value is -2.79. The van der Waals surface area contributed by atoms with Crippen LogP contribution in [0.4, 0.5) is 5.82 Å². The molecule has 0 spiro atoms. The first-order valence-corrected chi connectivity index (χ1v) is 12.1. The quantitative estimate of drug-likeness (QED) is 0.592. The zero-order chi connectivity index (χ0) is 21.5. The summed E-state index contributed by atoms with van der Waals surface area (Å²) in [7, 11) is 2.20. The van der Waals surface area contributed by atoms with Crippen LogP contribution in [0.2, 0.25) is 0 Å². The number of fused-ring (bicyclic) bond motifs is 2. The third kappa shape index (κ3) is 3.79. The molecule has 1 aliphatic heterocycles. The van der Waals surface area contributed by atoms with E-state index in [1.54, 1.807) is 6.33 Å². The zero-order valence-electron chi connectivity index (χ0n) is 18.8. The minimum Gasteiger partial charge on any atom is -0.367 e. The van der Waals surface area contributed by atoms with E-state index in [1.807, 2.05) is 0 Å². The van der Waals surface area contributed by atoms with E-state index < -0.39 is 0 Å². The number of hydrogen-bond acceptors (Lipinski definition) is 5. The zero-order valence-corrected chi connectivity index (χ0v) is 18.8. The number of benzene rings is 1. The third-order valence-corrected chi connectivity index (χ3v) is 7.55. The van der Waals surface area contributed by atoms with Crippen molar-refractivity contribution in [2.24, 2.45) is 5.92 Å². The fourth-order valence-corrected chi connectivity index (χ4v) is 5.32. The second-order valence-corrected chi connectivity index (χ2v) is 9.80. The molecule has 0 unspecified atom stereocenters. The lowest BCUT2D eigenvalue weighted by atomic mass is 9.82. The predicted molar refractivity (Wildman–Crippen MR) is 134 cm³/mol. The first-order valence-electron chi connectivity index (χ1n) is 12.1. The second kappa shape index (κ2) is 8.28. The number of hydrogen-bond donors (Lipinski definition) is 1. The Kier molecular flexibility index (Phi) is 5.14. The molecule has 2 aliphatic carbocycles. The summed E-state index contributed by atoms with van der Waals surface area (Å²) in [4.78, 5) is 16.6.